The number of nitrogens with zero attached hydrogens (tertiary/aromatic N) is 1. The van der Waals surface area contributed by atoms with E-state index in [1.807, 2.05) is 30.3 Å². The first-order valence-electron chi connectivity index (χ1n) is 9.84. The SMILES string of the molecule is O=C(CCN1C(=O)SC(=Cc2ccccc2)C1=O)NCCc1c[nH]c2ccc(F)cc12. The van der Waals surface area contributed by atoms with Crippen LogP contribution in [-0.2, 0) is 16.0 Å². The average molecular weight is 437 g/mol. The van der Waals surface area contributed by atoms with Crippen molar-refractivity contribution in [3.8, 4) is 0 Å². The molecule has 4 rings (SSSR count). The molecule has 1 aliphatic rings. The van der Waals surface area contributed by atoms with Gasteiger partial charge in [0.05, 0.1) is 4.91 Å². The number of nitrogens with one attached hydrogen (secondary N) is 2. The molecule has 0 radical (unpaired) electrons. The van der Waals surface area contributed by atoms with E-state index in [-0.39, 0.29) is 35.8 Å². The number of carbonyl (C=O) groups is 3. The summed E-state index contributed by atoms with van der Waals surface area (Å²) in [5.41, 5.74) is 2.58. The van der Waals surface area contributed by atoms with Gasteiger partial charge in [-0.05, 0) is 53.6 Å². The van der Waals surface area contributed by atoms with Crippen molar-refractivity contribution in [1.82, 2.24) is 15.2 Å². The molecule has 2 heterocycles. The van der Waals surface area contributed by atoms with Crippen LogP contribution in [0.2, 0.25) is 0 Å². The first kappa shape index (κ1) is 20.9. The van der Waals surface area contributed by atoms with Crippen molar-refractivity contribution in [2.75, 3.05) is 13.1 Å². The van der Waals surface area contributed by atoms with Crippen molar-refractivity contribution < 1.29 is 18.8 Å². The minimum Gasteiger partial charge on any atom is -0.361 e. The summed E-state index contributed by atoms with van der Waals surface area (Å²) in [7, 11) is 0. The van der Waals surface area contributed by atoms with Gasteiger partial charge in [-0.1, -0.05) is 30.3 Å². The summed E-state index contributed by atoms with van der Waals surface area (Å²) < 4.78 is 13.5. The van der Waals surface area contributed by atoms with Gasteiger partial charge in [0.15, 0.2) is 0 Å². The molecule has 2 N–H and O–H groups in total. The number of aromatic amines is 1. The van der Waals surface area contributed by atoms with E-state index in [0.717, 1.165) is 38.7 Å². The van der Waals surface area contributed by atoms with Gasteiger partial charge in [0.2, 0.25) is 5.91 Å². The predicted octanol–water partition coefficient (Wildman–Crippen LogP) is 4.09. The van der Waals surface area contributed by atoms with Crippen LogP contribution in [0.1, 0.15) is 17.5 Å². The normalized spacial score (nSPS) is 15.3. The molecule has 1 fully saturated rings. The highest BCUT2D eigenvalue weighted by atomic mass is 32.2. The Hall–Kier alpha value is -3.39. The van der Waals surface area contributed by atoms with Crippen LogP contribution in [0.4, 0.5) is 9.18 Å². The maximum atomic E-state index is 13.5. The molecular weight excluding hydrogens is 417 g/mol. The van der Waals surface area contributed by atoms with E-state index in [9.17, 15) is 18.8 Å². The molecule has 158 valence electrons. The number of carbonyl (C=O) groups excluding carboxylic acids is 3. The van der Waals surface area contributed by atoms with E-state index in [1.165, 1.54) is 12.1 Å². The zero-order valence-corrected chi connectivity index (χ0v) is 17.4. The second-order valence-electron chi connectivity index (χ2n) is 7.10. The number of hydrogen-bond donors (Lipinski definition) is 2. The van der Waals surface area contributed by atoms with Crippen LogP contribution >= 0.6 is 11.8 Å². The molecule has 0 atom stereocenters. The lowest BCUT2D eigenvalue weighted by molar-refractivity contribution is -0.124. The zero-order chi connectivity index (χ0) is 21.8. The van der Waals surface area contributed by atoms with Crippen molar-refractivity contribution in [1.29, 1.82) is 0 Å². The van der Waals surface area contributed by atoms with E-state index in [4.69, 9.17) is 0 Å². The Balaban J connectivity index is 1.27. The van der Waals surface area contributed by atoms with Gasteiger partial charge in [0.1, 0.15) is 5.82 Å². The van der Waals surface area contributed by atoms with Crippen molar-refractivity contribution in [2.24, 2.45) is 0 Å². The molecule has 1 aromatic heterocycles. The van der Waals surface area contributed by atoms with Crippen molar-refractivity contribution in [2.45, 2.75) is 12.8 Å². The number of hydrogen-bond acceptors (Lipinski definition) is 4. The molecule has 0 bridgehead atoms. The van der Waals surface area contributed by atoms with Crippen LogP contribution in [0, 0.1) is 5.82 Å². The van der Waals surface area contributed by atoms with Crippen LogP contribution in [0.15, 0.2) is 59.6 Å². The van der Waals surface area contributed by atoms with Gasteiger partial charge in [0, 0.05) is 36.6 Å². The van der Waals surface area contributed by atoms with E-state index in [1.54, 1.807) is 18.3 Å². The minimum atomic E-state index is -0.382. The second-order valence-corrected chi connectivity index (χ2v) is 8.09. The summed E-state index contributed by atoms with van der Waals surface area (Å²) in [6.07, 6.45) is 4.04. The van der Waals surface area contributed by atoms with Crippen LogP contribution in [0.5, 0.6) is 0 Å². The molecule has 0 saturated carbocycles. The van der Waals surface area contributed by atoms with Crippen LogP contribution in [0.3, 0.4) is 0 Å². The Kier molecular flexibility index (Phi) is 6.18. The Morgan fingerprint density at radius 1 is 1.16 bits per heavy atom. The lowest BCUT2D eigenvalue weighted by atomic mass is 10.1. The predicted molar refractivity (Wildman–Crippen MR) is 119 cm³/mol. The molecular formula is C23H20FN3O3S. The van der Waals surface area contributed by atoms with Crippen molar-refractivity contribution in [3.05, 3.63) is 76.6 Å². The molecule has 3 aromatic rings. The maximum Gasteiger partial charge on any atom is 0.293 e. The molecule has 8 heteroatoms. The number of benzene rings is 2. The number of aromatic nitrogens is 1. The highest BCUT2D eigenvalue weighted by Crippen LogP contribution is 2.32. The van der Waals surface area contributed by atoms with E-state index in [2.05, 4.69) is 10.3 Å². The lowest BCUT2D eigenvalue weighted by Gasteiger charge is -2.12. The van der Waals surface area contributed by atoms with Gasteiger partial charge < -0.3 is 10.3 Å². The highest BCUT2D eigenvalue weighted by molar-refractivity contribution is 8.18. The van der Waals surface area contributed by atoms with Gasteiger partial charge in [-0.3, -0.25) is 19.3 Å². The fourth-order valence-corrected chi connectivity index (χ4v) is 4.25. The molecule has 31 heavy (non-hydrogen) atoms. The molecule has 1 saturated heterocycles. The Morgan fingerprint density at radius 3 is 2.77 bits per heavy atom. The quantitative estimate of drug-likeness (QED) is 0.546. The van der Waals surface area contributed by atoms with Gasteiger partial charge >= 0.3 is 0 Å². The fourth-order valence-electron chi connectivity index (χ4n) is 3.39. The second kappa shape index (κ2) is 9.18. The van der Waals surface area contributed by atoms with E-state index < -0.39 is 0 Å². The lowest BCUT2D eigenvalue weighted by Crippen LogP contribution is -2.34. The monoisotopic (exact) mass is 437 g/mol. The van der Waals surface area contributed by atoms with Gasteiger partial charge in [-0.25, -0.2) is 4.39 Å². The Morgan fingerprint density at radius 2 is 1.97 bits per heavy atom. The zero-order valence-electron chi connectivity index (χ0n) is 16.6. The van der Waals surface area contributed by atoms with Crippen molar-refractivity contribution in [3.63, 3.8) is 0 Å². The molecule has 3 amide bonds. The molecule has 2 aromatic carbocycles. The third kappa shape index (κ3) is 4.86. The third-order valence-corrected chi connectivity index (χ3v) is 5.89. The molecule has 0 unspecified atom stereocenters. The number of thioether (sulfide) groups is 1. The number of rotatable bonds is 7. The largest absolute Gasteiger partial charge is 0.361 e. The number of imide groups is 1. The number of amides is 3. The van der Waals surface area contributed by atoms with Gasteiger partial charge in [-0.2, -0.15) is 0 Å². The summed E-state index contributed by atoms with van der Waals surface area (Å²) in [6.45, 7) is 0.402. The minimum absolute atomic E-state index is 0.0270. The summed E-state index contributed by atoms with van der Waals surface area (Å²) >= 11 is 0.879. The number of halogens is 1. The summed E-state index contributed by atoms with van der Waals surface area (Å²) in [5, 5.41) is 3.20. The molecule has 6 nitrogen and oxygen atoms in total. The first-order valence-corrected chi connectivity index (χ1v) is 10.7. The fraction of sp³-hybridized carbons (Fsp3) is 0.174. The molecule has 1 aliphatic heterocycles. The van der Waals surface area contributed by atoms with Crippen molar-refractivity contribution >= 4 is 45.8 Å². The smallest absolute Gasteiger partial charge is 0.293 e. The number of H-pyrrole nitrogens is 1. The maximum absolute atomic E-state index is 13.5. The van der Waals surface area contributed by atoms with Crippen LogP contribution in [-0.4, -0.2) is 40.0 Å². The highest BCUT2D eigenvalue weighted by Gasteiger charge is 2.34. The topological polar surface area (TPSA) is 82.3 Å². The average Bonchev–Trinajstić information content (AvgIpc) is 3.27. The summed E-state index contributed by atoms with van der Waals surface area (Å²) in [6, 6.07) is 13.8. The standard InChI is InChI=1S/C23H20FN3O3S/c24-17-6-7-19-18(13-17)16(14-26-19)8-10-25-21(28)9-11-27-22(29)20(31-23(27)30)12-15-4-2-1-3-5-15/h1-7,12-14,26H,8-11H2,(H,25,28). The number of fused-ring (bicyclic) bond motifs is 1. The third-order valence-electron chi connectivity index (χ3n) is 4.98. The Bertz CT molecular complexity index is 1170. The van der Waals surface area contributed by atoms with Crippen LogP contribution < -0.4 is 5.32 Å². The molecule has 0 aliphatic carbocycles. The Labute approximate surface area is 182 Å². The van der Waals surface area contributed by atoms with E-state index >= 15 is 0 Å². The summed E-state index contributed by atoms with van der Waals surface area (Å²) in [5.74, 6) is -0.944. The van der Waals surface area contributed by atoms with Crippen LogP contribution in [0.25, 0.3) is 17.0 Å². The van der Waals surface area contributed by atoms with Gasteiger partial charge in [0.25, 0.3) is 11.1 Å². The van der Waals surface area contributed by atoms with E-state index in [0.29, 0.717) is 17.9 Å². The first-order chi connectivity index (χ1) is 15.0. The molecule has 0 spiro atoms. The summed E-state index contributed by atoms with van der Waals surface area (Å²) in [4.78, 5) is 41.4. The van der Waals surface area contributed by atoms with Gasteiger partial charge in [-0.15, -0.1) is 0 Å².